The van der Waals surface area contributed by atoms with Gasteiger partial charge in [-0.25, -0.2) is 0 Å². The van der Waals surface area contributed by atoms with Crippen molar-refractivity contribution in [3.63, 3.8) is 0 Å². The van der Waals surface area contributed by atoms with Crippen LogP contribution in [0.25, 0.3) is 109 Å². The molecule has 0 saturated carbocycles. The van der Waals surface area contributed by atoms with Crippen LogP contribution >= 0.6 is 11.3 Å². The van der Waals surface area contributed by atoms with Gasteiger partial charge in [0.25, 0.3) is 0 Å². The van der Waals surface area contributed by atoms with Crippen LogP contribution in [-0.2, 0) is 0 Å². The number of furan rings is 1. The van der Waals surface area contributed by atoms with Crippen molar-refractivity contribution in [1.82, 2.24) is 0 Å². The molecule has 0 amide bonds. The zero-order chi connectivity index (χ0) is 45.7. The van der Waals surface area contributed by atoms with E-state index < -0.39 is 0 Å². The number of hydrogen-bond acceptors (Lipinski definition) is 3. The Morgan fingerprint density at radius 3 is 1.41 bits per heavy atom. The Morgan fingerprint density at radius 1 is 0.304 bits per heavy atom. The largest absolute Gasteiger partial charge is 0.455 e. The average molecular weight is 898 g/mol. The van der Waals surface area contributed by atoms with Crippen molar-refractivity contribution in [2.45, 2.75) is 0 Å². The second-order valence-electron chi connectivity index (χ2n) is 17.6. The Bertz CT molecular complexity index is 3990. The first-order chi connectivity index (χ1) is 34.2. The van der Waals surface area contributed by atoms with Gasteiger partial charge >= 0.3 is 0 Å². The Balaban J connectivity index is 1.03. The van der Waals surface area contributed by atoms with Gasteiger partial charge in [0.2, 0.25) is 0 Å². The molecule has 13 aromatic rings. The molecule has 69 heavy (non-hydrogen) atoms. The Hall–Kier alpha value is -8.76. The average Bonchev–Trinajstić information content (AvgIpc) is 4.01. The van der Waals surface area contributed by atoms with Crippen molar-refractivity contribution in [1.29, 1.82) is 0 Å². The lowest BCUT2D eigenvalue weighted by atomic mass is 9.89. The van der Waals surface area contributed by atoms with E-state index in [0.29, 0.717) is 0 Å². The summed E-state index contributed by atoms with van der Waals surface area (Å²) < 4.78 is 9.59. The van der Waals surface area contributed by atoms with Crippen molar-refractivity contribution in [2.75, 3.05) is 4.90 Å². The van der Waals surface area contributed by atoms with E-state index in [1.54, 1.807) is 0 Å². The fraction of sp³-hybridized carbons (Fsp3) is 0. The Kier molecular flexibility index (Phi) is 10.1. The second kappa shape index (κ2) is 17.2. The number of thiophene rings is 1. The first-order valence-corrected chi connectivity index (χ1v) is 24.3. The molecule has 0 N–H and O–H groups in total. The first kappa shape index (κ1) is 40.5. The van der Waals surface area contributed by atoms with Gasteiger partial charge in [0, 0.05) is 32.1 Å². The molecule has 0 aliphatic carbocycles. The van der Waals surface area contributed by atoms with Gasteiger partial charge in [-0.3, -0.25) is 0 Å². The van der Waals surface area contributed by atoms with E-state index in [2.05, 4.69) is 266 Å². The van der Waals surface area contributed by atoms with Crippen molar-refractivity contribution in [2.24, 2.45) is 0 Å². The molecule has 2 nitrogen and oxygen atoms in total. The van der Waals surface area contributed by atoms with Crippen LogP contribution in [0.15, 0.2) is 265 Å². The summed E-state index contributed by atoms with van der Waals surface area (Å²) >= 11 is 1.86. The number of fused-ring (bicyclic) bond motifs is 6. The zero-order valence-corrected chi connectivity index (χ0v) is 38.4. The lowest BCUT2D eigenvalue weighted by molar-refractivity contribution is 0.670. The highest BCUT2D eigenvalue weighted by molar-refractivity contribution is 7.26. The van der Waals surface area contributed by atoms with Gasteiger partial charge in [-0.15, -0.1) is 11.3 Å². The van der Waals surface area contributed by atoms with Gasteiger partial charge < -0.3 is 9.32 Å². The van der Waals surface area contributed by atoms with Crippen LogP contribution in [0.3, 0.4) is 0 Å². The molecule has 0 atom stereocenters. The molecule has 324 valence electrons. The van der Waals surface area contributed by atoms with Crippen LogP contribution in [0.4, 0.5) is 17.1 Å². The number of nitrogens with zero attached hydrogens (tertiary/aromatic N) is 1. The molecule has 0 radical (unpaired) electrons. The molecule has 2 aromatic heterocycles. The maximum Gasteiger partial charge on any atom is 0.145 e. The van der Waals surface area contributed by atoms with E-state index >= 15 is 0 Å². The minimum absolute atomic E-state index is 0.854. The predicted molar refractivity (Wildman–Crippen MR) is 294 cm³/mol. The third kappa shape index (κ3) is 7.20. The van der Waals surface area contributed by atoms with E-state index in [9.17, 15) is 0 Å². The second-order valence-corrected chi connectivity index (χ2v) is 18.6. The smallest absolute Gasteiger partial charge is 0.145 e. The molecule has 0 aliphatic rings. The molecule has 13 rings (SSSR count). The topological polar surface area (TPSA) is 16.4 Å². The fourth-order valence-electron chi connectivity index (χ4n) is 10.2. The number of anilines is 3. The summed E-state index contributed by atoms with van der Waals surface area (Å²) in [6.07, 6.45) is 0. The Labute approximate surface area is 405 Å². The standard InChI is InChI=1S/C66H43NOS/c1-5-18-44(19-6-1)49-35-39-59-62(42-49)68-65-54(47-24-11-4-12-25-47)40-41-60(64(59)65)67(61-31-17-30-58-57-38-34-50(43-63(57)69-66(58)61)45-20-7-2-8-21-45)51-36-32-48(33-37-51)53-27-14-16-29-56(53)55-28-15-13-26-52(55)46-22-9-3-10-23-46/h1-43H. The summed E-state index contributed by atoms with van der Waals surface area (Å²) in [4.78, 5) is 2.47. The fourth-order valence-corrected chi connectivity index (χ4v) is 11.5. The van der Waals surface area contributed by atoms with E-state index in [-0.39, 0.29) is 0 Å². The molecular formula is C66H43NOS. The zero-order valence-electron chi connectivity index (χ0n) is 37.6. The van der Waals surface area contributed by atoms with Crippen molar-refractivity contribution in [3.8, 4) is 66.8 Å². The maximum absolute atomic E-state index is 7.10. The molecule has 3 heteroatoms. The number of hydrogen-bond donors (Lipinski definition) is 0. The van der Waals surface area contributed by atoms with Crippen LogP contribution < -0.4 is 4.90 Å². The lowest BCUT2D eigenvalue weighted by Gasteiger charge is -2.27. The van der Waals surface area contributed by atoms with E-state index in [0.717, 1.165) is 66.8 Å². The summed E-state index contributed by atoms with van der Waals surface area (Å²) in [7, 11) is 0. The van der Waals surface area contributed by atoms with Gasteiger partial charge in [-0.2, -0.15) is 0 Å². The van der Waals surface area contributed by atoms with Gasteiger partial charge in [0.1, 0.15) is 11.2 Å². The molecule has 0 unspecified atom stereocenters. The highest BCUT2D eigenvalue weighted by Gasteiger charge is 2.25. The molecule has 2 heterocycles. The molecule has 0 spiro atoms. The quantitative estimate of drug-likeness (QED) is 0.144. The van der Waals surface area contributed by atoms with Crippen LogP contribution in [0.5, 0.6) is 0 Å². The van der Waals surface area contributed by atoms with Gasteiger partial charge in [-0.05, 0) is 110 Å². The predicted octanol–water partition coefficient (Wildman–Crippen LogP) is 19.4. The lowest BCUT2D eigenvalue weighted by Crippen LogP contribution is -2.10. The van der Waals surface area contributed by atoms with Gasteiger partial charge in [0.05, 0.1) is 21.5 Å². The summed E-state index contributed by atoms with van der Waals surface area (Å²) in [6, 6.07) is 94.1. The number of rotatable bonds is 9. The third-order valence-electron chi connectivity index (χ3n) is 13.5. The van der Waals surface area contributed by atoms with Crippen molar-refractivity contribution >= 4 is 70.5 Å². The summed E-state index contributed by atoms with van der Waals surface area (Å²) in [5.41, 5.74) is 19.0. The van der Waals surface area contributed by atoms with E-state index in [4.69, 9.17) is 4.42 Å². The van der Waals surface area contributed by atoms with Crippen LogP contribution in [0.2, 0.25) is 0 Å². The Morgan fingerprint density at radius 2 is 0.797 bits per heavy atom. The molecule has 0 bridgehead atoms. The highest BCUT2D eigenvalue weighted by atomic mass is 32.1. The normalized spacial score (nSPS) is 11.5. The highest BCUT2D eigenvalue weighted by Crippen LogP contribution is 2.51. The molecule has 11 aromatic carbocycles. The molecule has 0 saturated heterocycles. The third-order valence-corrected chi connectivity index (χ3v) is 14.7. The minimum atomic E-state index is 0.854. The van der Waals surface area contributed by atoms with Crippen LogP contribution in [-0.4, -0.2) is 0 Å². The van der Waals surface area contributed by atoms with Gasteiger partial charge in [0.15, 0.2) is 0 Å². The SMILES string of the molecule is c1ccc(-c2ccc3c(c2)oc2c(-c4ccccc4)ccc(N(c4ccc(-c5ccccc5-c5ccccc5-c5ccccc5)cc4)c4cccc5c4sc4cc(-c6ccccc6)ccc45)c23)cc1. The summed E-state index contributed by atoms with van der Waals surface area (Å²) in [5.74, 6) is 0. The van der Waals surface area contributed by atoms with Crippen molar-refractivity contribution in [3.05, 3.63) is 261 Å². The van der Waals surface area contributed by atoms with E-state index in [1.165, 1.54) is 59.1 Å². The minimum Gasteiger partial charge on any atom is -0.455 e. The summed E-state index contributed by atoms with van der Waals surface area (Å²) in [5, 5.41) is 4.64. The monoisotopic (exact) mass is 897 g/mol. The molecular weight excluding hydrogens is 855 g/mol. The molecule has 0 fully saturated rings. The maximum atomic E-state index is 7.10. The summed E-state index contributed by atoms with van der Waals surface area (Å²) in [6.45, 7) is 0. The van der Waals surface area contributed by atoms with Crippen molar-refractivity contribution < 1.29 is 4.42 Å². The van der Waals surface area contributed by atoms with Crippen LogP contribution in [0, 0.1) is 0 Å². The molecule has 0 aliphatic heterocycles. The first-order valence-electron chi connectivity index (χ1n) is 23.5. The van der Waals surface area contributed by atoms with Crippen LogP contribution in [0.1, 0.15) is 0 Å². The number of benzene rings is 11. The van der Waals surface area contributed by atoms with Gasteiger partial charge in [-0.1, -0.05) is 212 Å². The van der Waals surface area contributed by atoms with E-state index in [1.807, 2.05) is 11.3 Å².